The van der Waals surface area contributed by atoms with E-state index in [0.29, 0.717) is 18.3 Å². The molecule has 1 N–H and O–H groups in total. The van der Waals surface area contributed by atoms with E-state index in [9.17, 15) is 4.79 Å². The number of aromatic nitrogens is 1. The number of hydrogen-bond acceptors (Lipinski definition) is 3. The lowest BCUT2D eigenvalue weighted by molar-refractivity contribution is -0.120. The molecule has 0 fully saturated rings. The number of thiazole rings is 1. The predicted octanol–water partition coefficient (Wildman–Crippen LogP) is 5.19. The average molecular weight is 415 g/mol. The van der Waals surface area contributed by atoms with Gasteiger partial charge >= 0.3 is 0 Å². The van der Waals surface area contributed by atoms with Gasteiger partial charge in [0, 0.05) is 34.8 Å². The molecular weight excluding hydrogens is 396 g/mol. The summed E-state index contributed by atoms with van der Waals surface area (Å²) in [5.41, 5.74) is 5.57. The smallest absolute Gasteiger partial charge is 0.221 e. The third kappa shape index (κ3) is 4.77. The number of rotatable bonds is 6. The van der Waals surface area contributed by atoms with Crippen molar-refractivity contribution in [3.8, 4) is 21.8 Å². The first-order valence-corrected chi connectivity index (χ1v) is 10.1. The Hall–Kier alpha value is -1.98. The van der Waals surface area contributed by atoms with Crippen molar-refractivity contribution >= 4 is 33.2 Å². The number of carbonyl (C=O) groups is 1. The van der Waals surface area contributed by atoms with Crippen molar-refractivity contribution in [3.05, 3.63) is 65.0 Å². The minimum absolute atomic E-state index is 0.0589. The molecule has 25 heavy (non-hydrogen) atoms. The molecule has 1 aromatic heterocycles. The van der Waals surface area contributed by atoms with Gasteiger partial charge in [0.2, 0.25) is 5.91 Å². The lowest BCUT2D eigenvalue weighted by Gasteiger charge is -2.05. The van der Waals surface area contributed by atoms with E-state index in [0.717, 1.165) is 27.4 Å². The molecule has 1 heterocycles. The van der Waals surface area contributed by atoms with Crippen molar-refractivity contribution in [1.29, 1.82) is 0 Å². The van der Waals surface area contributed by atoms with Crippen molar-refractivity contribution in [2.45, 2.75) is 19.9 Å². The Labute approximate surface area is 160 Å². The van der Waals surface area contributed by atoms with Gasteiger partial charge in [-0.2, -0.15) is 0 Å². The number of nitrogens with zero attached hydrogens (tertiary/aromatic N) is 1. The van der Waals surface area contributed by atoms with Crippen molar-refractivity contribution in [2.24, 2.45) is 0 Å². The van der Waals surface area contributed by atoms with Gasteiger partial charge in [-0.15, -0.1) is 11.3 Å². The highest BCUT2D eigenvalue weighted by Gasteiger charge is 2.07. The summed E-state index contributed by atoms with van der Waals surface area (Å²) in [6, 6.07) is 16.6. The molecule has 0 aliphatic carbocycles. The Kier molecular flexibility index (Phi) is 6.00. The molecule has 0 spiro atoms. The molecule has 0 aliphatic heterocycles. The number of nitrogens with one attached hydrogen (secondary N) is 1. The number of hydrogen-bond donors (Lipinski definition) is 1. The van der Waals surface area contributed by atoms with E-state index < -0.39 is 0 Å². The highest BCUT2D eigenvalue weighted by atomic mass is 79.9. The van der Waals surface area contributed by atoms with Crippen LogP contribution < -0.4 is 5.32 Å². The monoisotopic (exact) mass is 414 g/mol. The van der Waals surface area contributed by atoms with E-state index in [1.807, 2.05) is 12.1 Å². The van der Waals surface area contributed by atoms with E-state index in [4.69, 9.17) is 4.98 Å². The number of carbonyl (C=O) groups excluding carboxylic acids is 1. The molecule has 3 rings (SSSR count). The van der Waals surface area contributed by atoms with E-state index in [2.05, 4.69) is 69.9 Å². The number of aryl methyl sites for hydroxylation is 1. The Bertz CT molecular complexity index is 841. The summed E-state index contributed by atoms with van der Waals surface area (Å²) in [5.74, 6) is 0.0589. The minimum atomic E-state index is 0.0589. The van der Waals surface area contributed by atoms with Gasteiger partial charge < -0.3 is 5.32 Å². The fraction of sp³-hybridized carbons (Fsp3) is 0.200. The lowest BCUT2D eigenvalue weighted by Crippen LogP contribution is -2.22. The maximum absolute atomic E-state index is 11.5. The molecule has 0 bridgehead atoms. The van der Waals surface area contributed by atoms with Crippen molar-refractivity contribution < 1.29 is 4.79 Å². The highest BCUT2D eigenvalue weighted by Crippen LogP contribution is 2.29. The molecule has 3 aromatic rings. The quantitative estimate of drug-likeness (QED) is 0.564. The Morgan fingerprint density at radius 1 is 1.08 bits per heavy atom. The zero-order chi connectivity index (χ0) is 17.6. The molecule has 5 heteroatoms. The summed E-state index contributed by atoms with van der Waals surface area (Å²) >= 11 is 4.91. The molecule has 0 saturated heterocycles. The van der Waals surface area contributed by atoms with Crippen LogP contribution in [0.1, 0.15) is 17.5 Å². The van der Waals surface area contributed by atoms with Gasteiger partial charge in [-0.3, -0.25) is 4.79 Å². The topological polar surface area (TPSA) is 42.0 Å². The van der Waals surface area contributed by atoms with E-state index in [1.54, 1.807) is 11.3 Å². The molecule has 128 valence electrons. The molecule has 3 nitrogen and oxygen atoms in total. The van der Waals surface area contributed by atoms with Crippen LogP contribution in [-0.2, 0) is 11.3 Å². The Morgan fingerprint density at radius 3 is 2.44 bits per heavy atom. The fourth-order valence-electron chi connectivity index (χ4n) is 2.40. The summed E-state index contributed by atoms with van der Waals surface area (Å²) in [4.78, 5) is 16.3. The normalized spacial score (nSPS) is 10.6. The molecule has 0 aliphatic rings. The van der Waals surface area contributed by atoms with Gasteiger partial charge in [0.1, 0.15) is 5.01 Å². The molecule has 2 aromatic carbocycles. The van der Waals surface area contributed by atoms with Crippen molar-refractivity contribution in [2.75, 3.05) is 5.33 Å². The van der Waals surface area contributed by atoms with Crippen LogP contribution in [0.25, 0.3) is 21.8 Å². The van der Waals surface area contributed by atoms with Crippen molar-refractivity contribution in [1.82, 2.24) is 10.3 Å². The fourth-order valence-corrected chi connectivity index (χ4v) is 3.60. The average Bonchev–Trinajstić information content (AvgIpc) is 3.11. The molecule has 0 unspecified atom stereocenters. The summed E-state index contributed by atoms with van der Waals surface area (Å²) in [6.07, 6.45) is 0.499. The second-order valence-corrected chi connectivity index (χ2v) is 7.47. The zero-order valence-corrected chi connectivity index (χ0v) is 16.4. The molecule has 1 amide bonds. The van der Waals surface area contributed by atoms with Gasteiger partial charge in [-0.25, -0.2) is 4.98 Å². The van der Waals surface area contributed by atoms with Crippen LogP contribution in [-0.4, -0.2) is 16.2 Å². The third-order valence-corrected chi connectivity index (χ3v) is 5.15. The summed E-state index contributed by atoms with van der Waals surface area (Å²) in [5, 5.41) is 6.69. The molecule has 0 atom stereocenters. The predicted molar refractivity (Wildman–Crippen MR) is 108 cm³/mol. The number of benzene rings is 2. The van der Waals surface area contributed by atoms with Gasteiger partial charge in [0.25, 0.3) is 0 Å². The van der Waals surface area contributed by atoms with Crippen molar-refractivity contribution in [3.63, 3.8) is 0 Å². The molecule has 0 radical (unpaired) electrons. The summed E-state index contributed by atoms with van der Waals surface area (Å²) in [6.45, 7) is 2.64. The number of alkyl halides is 1. The van der Waals surface area contributed by atoms with E-state index in [1.165, 1.54) is 5.56 Å². The van der Waals surface area contributed by atoms with Crippen LogP contribution in [0.15, 0.2) is 53.9 Å². The maximum Gasteiger partial charge on any atom is 0.221 e. The van der Waals surface area contributed by atoms with Crippen LogP contribution in [0.4, 0.5) is 0 Å². The summed E-state index contributed by atoms with van der Waals surface area (Å²) in [7, 11) is 0. The van der Waals surface area contributed by atoms with E-state index >= 15 is 0 Å². The largest absolute Gasteiger partial charge is 0.352 e. The lowest BCUT2D eigenvalue weighted by atomic mass is 10.1. The maximum atomic E-state index is 11.5. The summed E-state index contributed by atoms with van der Waals surface area (Å²) < 4.78 is 0. The number of amides is 1. The second kappa shape index (κ2) is 8.41. The second-order valence-electron chi connectivity index (χ2n) is 5.82. The van der Waals surface area contributed by atoms with Crippen LogP contribution in [0, 0.1) is 6.92 Å². The SMILES string of the molecule is Cc1ccc(-c2csc(-c3ccc(CNC(=O)CCBr)cc3)n2)cc1. The first-order valence-electron chi connectivity index (χ1n) is 8.10. The van der Waals surface area contributed by atoms with Crippen LogP contribution in [0.3, 0.4) is 0 Å². The van der Waals surface area contributed by atoms with Gasteiger partial charge in [-0.1, -0.05) is 70.0 Å². The molecular formula is C20H19BrN2OS. The van der Waals surface area contributed by atoms with E-state index in [-0.39, 0.29) is 5.91 Å². The Morgan fingerprint density at radius 2 is 1.76 bits per heavy atom. The number of halogens is 1. The first-order chi connectivity index (χ1) is 12.2. The standard InChI is InChI=1S/C20H19BrN2OS/c1-14-2-6-16(7-3-14)18-13-25-20(23-18)17-8-4-15(5-9-17)12-22-19(24)10-11-21/h2-9,13H,10-12H2,1H3,(H,22,24). The van der Waals surface area contributed by atoms with Gasteiger partial charge in [0.15, 0.2) is 0 Å². The van der Waals surface area contributed by atoms with Crippen LogP contribution in [0.5, 0.6) is 0 Å². The zero-order valence-electron chi connectivity index (χ0n) is 14.0. The minimum Gasteiger partial charge on any atom is -0.352 e. The van der Waals surface area contributed by atoms with Crippen LogP contribution >= 0.6 is 27.3 Å². The Balaban J connectivity index is 1.68. The van der Waals surface area contributed by atoms with Gasteiger partial charge in [0.05, 0.1) is 5.69 Å². The van der Waals surface area contributed by atoms with Crippen LogP contribution in [0.2, 0.25) is 0 Å². The third-order valence-electron chi connectivity index (χ3n) is 3.86. The first kappa shape index (κ1) is 17.8. The highest BCUT2D eigenvalue weighted by molar-refractivity contribution is 9.09. The van der Waals surface area contributed by atoms with Gasteiger partial charge in [-0.05, 0) is 12.5 Å². The molecule has 0 saturated carbocycles.